The van der Waals surface area contributed by atoms with Crippen LogP contribution in [0.5, 0.6) is 0 Å². The van der Waals surface area contributed by atoms with Crippen LogP contribution in [0.3, 0.4) is 0 Å². The predicted molar refractivity (Wildman–Crippen MR) is 137 cm³/mol. The summed E-state index contributed by atoms with van der Waals surface area (Å²) < 4.78 is 29.3. The highest BCUT2D eigenvalue weighted by Crippen LogP contribution is 2.27. The molecule has 3 heterocycles. The Morgan fingerprint density at radius 2 is 1.91 bits per heavy atom. The molecule has 0 atom stereocenters. The molecule has 178 valence electrons. The molecule has 13 heteroatoms. The SMILES string of the molecule is CCn1c2ccccc2c2nnc(SCC(=O)Nc3ccc(S(=O)(=O)Nc4nccs4)cc3)nc21. The molecule has 5 rings (SSSR count). The maximum absolute atomic E-state index is 12.5. The summed E-state index contributed by atoms with van der Waals surface area (Å²) >= 11 is 2.37. The number of carbonyl (C=O) groups is 1. The molecule has 0 aliphatic heterocycles. The van der Waals surface area contributed by atoms with E-state index in [9.17, 15) is 13.2 Å². The number of aromatic nitrogens is 5. The van der Waals surface area contributed by atoms with Crippen molar-refractivity contribution < 1.29 is 13.2 Å². The molecule has 0 aliphatic carbocycles. The van der Waals surface area contributed by atoms with Gasteiger partial charge in [-0.25, -0.2) is 18.4 Å². The maximum atomic E-state index is 12.5. The van der Waals surface area contributed by atoms with Crippen LogP contribution in [-0.4, -0.2) is 44.8 Å². The Labute approximate surface area is 208 Å². The molecule has 2 N–H and O–H groups in total. The molecule has 0 saturated heterocycles. The number of hydrogen-bond acceptors (Lipinski definition) is 9. The lowest BCUT2D eigenvalue weighted by molar-refractivity contribution is -0.113. The summed E-state index contributed by atoms with van der Waals surface area (Å²) in [6.07, 6.45) is 1.52. The zero-order valence-electron chi connectivity index (χ0n) is 18.4. The van der Waals surface area contributed by atoms with Crippen LogP contribution in [0.2, 0.25) is 0 Å². The van der Waals surface area contributed by atoms with E-state index in [0.29, 0.717) is 10.8 Å². The average Bonchev–Trinajstić information content (AvgIpc) is 3.48. The highest BCUT2D eigenvalue weighted by atomic mass is 32.2. The second kappa shape index (κ2) is 9.60. The van der Waals surface area contributed by atoms with Gasteiger partial charge in [-0.05, 0) is 37.3 Å². The first-order valence-electron chi connectivity index (χ1n) is 10.5. The Morgan fingerprint density at radius 1 is 1.11 bits per heavy atom. The van der Waals surface area contributed by atoms with Crippen molar-refractivity contribution >= 4 is 71.9 Å². The molecule has 35 heavy (non-hydrogen) atoms. The Kier molecular flexibility index (Phi) is 6.36. The van der Waals surface area contributed by atoms with E-state index in [4.69, 9.17) is 0 Å². The summed E-state index contributed by atoms with van der Waals surface area (Å²) in [6, 6.07) is 13.8. The molecule has 0 bridgehead atoms. The summed E-state index contributed by atoms with van der Waals surface area (Å²) in [7, 11) is -3.75. The first-order chi connectivity index (χ1) is 16.9. The lowest BCUT2D eigenvalue weighted by Crippen LogP contribution is -2.15. The van der Waals surface area contributed by atoms with Gasteiger partial charge in [0.25, 0.3) is 10.0 Å². The van der Waals surface area contributed by atoms with Crippen LogP contribution < -0.4 is 10.0 Å². The van der Waals surface area contributed by atoms with E-state index < -0.39 is 10.0 Å². The van der Waals surface area contributed by atoms with Crippen molar-refractivity contribution in [1.29, 1.82) is 0 Å². The topological polar surface area (TPSA) is 132 Å². The van der Waals surface area contributed by atoms with Crippen molar-refractivity contribution in [2.45, 2.75) is 23.5 Å². The van der Waals surface area contributed by atoms with Crippen LogP contribution in [0.15, 0.2) is 70.2 Å². The lowest BCUT2D eigenvalue weighted by Gasteiger charge is -2.08. The van der Waals surface area contributed by atoms with Gasteiger partial charge in [-0.1, -0.05) is 30.0 Å². The Hall–Kier alpha value is -3.55. The molecule has 5 aromatic rings. The minimum absolute atomic E-state index is 0.0687. The van der Waals surface area contributed by atoms with Crippen LogP contribution in [0.25, 0.3) is 22.1 Å². The number of amides is 1. The molecule has 3 aromatic heterocycles. The fourth-order valence-corrected chi connectivity index (χ4v) is 5.93. The summed E-state index contributed by atoms with van der Waals surface area (Å²) in [5, 5.41) is 14.6. The first kappa shape index (κ1) is 23.2. The number of carbonyl (C=O) groups excluding carboxylic acids is 1. The molecular weight excluding hydrogens is 506 g/mol. The van der Waals surface area contributed by atoms with Gasteiger partial charge in [0.15, 0.2) is 10.8 Å². The number of hydrogen-bond donors (Lipinski definition) is 2. The molecule has 10 nitrogen and oxygen atoms in total. The van der Waals surface area contributed by atoms with Gasteiger partial charge in [0.1, 0.15) is 5.52 Å². The highest BCUT2D eigenvalue weighted by molar-refractivity contribution is 7.99. The van der Waals surface area contributed by atoms with Crippen molar-refractivity contribution in [3.63, 3.8) is 0 Å². The maximum Gasteiger partial charge on any atom is 0.263 e. The van der Waals surface area contributed by atoms with Crippen LogP contribution in [0.1, 0.15) is 6.92 Å². The molecule has 0 radical (unpaired) electrons. The monoisotopic (exact) mass is 525 g/mol. The third kappa shape index (κ3) is 4.83. The van der Waals surface area contributed by atoms with Crippen LogP contribution in [-0.2, 0) is 21.4 Å². The average molecular weight is 526 g/mol. The van der Waals surface area contributed by atoms with E-state index in [0.717, 1.165) is 28.6 Å². The number of fused-ring (bicyclic) bond motifs is 3. The molecule has 2 aromatic carbocycles. The largest absolute Gasteiger partial charge is 0.325 e. The fraction of sp³-hybridized carbons (Fsp3) is 0.136. The third-order valence-electron chi connectivity index (χ3n) is 5.11. The van der Waals surface area contributed by atoms with Crippen LogP contribution >= 0.6 is 23.1 Å². The summed E-state index contributed by atoms with van der Waals surface area (Å²) in [5.41, 5.74) is 2.98. The number of thioether (sulfide) groups is 1. The Bertz CT molecular complexity index is 1620. The number of nitrogens with zero attached hydrogens (tertiary/aromatic N) is 5. The second-order valence-corrected chi connectivity index (χ2v) is 10.9. The molecule has 0 unspecified atom stereocenters. The Morgan fingerprint density at radius 3 is 2.66 bits per heavy atom. The van der Waals surface area contributed by atoms with Gasteiger partial charge in [-0.3, -0.25) is 9.52 Å². The predicted octanol–water partition coefficient (Wildman–Crippen LogP) is 3.99. The van der Waals surface area contributed by atoms with Crippen molar-refractivity contribution in [3.05, 3.63) is 60.1 Å². The molecule has 0 aliphatic rings. The van der Waals surface area contributed by atoms with E-state index in [1.54, 1.807) is 5.38 Å². The quantitative estimate of drug-likeness (QED) is 0.291. The minimum Gasteiger partial charge on any atom is -0.325 e. The molecular formula is C22H19N7O3S3. The van der Waals surface area contributed by atoms with Crippen LogP contribution in [0.4, 0.5) is 10.8 Å². The van der Waals surface area contributed by atoms with Gasteiger partial charge in [0.2, 0.25) is 11.1 Å². The number of aryl methyl sites for hydroxylation is 1. The lowest BCUT2D eigenvalue weighted by atomic mass is 10.2. The number of thiazole rings is 1. The van der Waals surface area contributed by atoms with E-state index in [1.807, 2.05) is 31.2 Å². The zero-order chi connectivity index (χ0) is 24.4. The minimum atomic E-state index is -3.75. The van der Waals surface area contributed by atoms with Gasteiger partial charge in [0.05, 0.1) is 16.2 Å². The van der Waals surface area contributed by atoms with Crippen molar-refractivity contribution in [1.82, 2.24) is 24.7 Å². The van der Waals surface area contributed by atoms with Gasteiger partial charge in [-0.15, -0.1) is 21.5 Å². The van der Waals surface area contributed by atoms with Crippen molar-refractivity contribution in [3.8, 4) is 0 Å². The van der Waals surface area contributed by atoms with E-state index in [1.165, 1.54) is 53.6 Å². The molecule has 0 saturated carbocycles. The van der Waals surface area contributed by atoms with Crippen LogP contribution in [0, 0.1) is 0 Å². The third-order valence-corrected chi connectivity index (χ3v) is 8.12. The fourth-order valence-electron chi connectivity index (χ4n) is 3.56. The van der Waals surface area contributed by atoms with Gasteiger partial charge < -0.3 is 9.88 Å². The molecule has 0 spiro atoms. The number of sulfonamides is 1. The summed E-state index contributed by atoms with van der Waals surface area (Å²) in [5.74, 6) is -0.197. The van der Waals surface area contributed by atoms with E-state index in [-0.39, 0.29) is 21.7 Å². The van der Waals surface area contributed by atoms with Crippen molar-refractivity contribution in [2.75, 3.05) is 15.8 Å². The first-order valence-corrected chi connectivity index (χ1v) is 13.9. The number of rotatable bonds is 8. The summed E-state index contributed by atoms with van der Waals surface area (Å²) in [4.78, 5) is 21.1. The molecule has 0 fully saturated rings. The second-order valence-electron chi connectivity index (χ2n) is 7.33. The smallest absolute Gasteiger partial charge is 0.263 e. The van der Waals surface area contributed by atoms with E-state index in [2.05, 4.69) is 34.8 Å². The normalized spacial score (nSPS) is 11.7. The Balaban J connectivity index is 1.24. The van der Waals surface area contributed by atoms with Gasteiger partial charge in [0, 0.05) is 29.2 Å². The number of para-hydroxylation sites is 1. The number of benzene rings is 2. The standard InChI is InChI=1S/C22H19N7O3S3/c1-2-29-17-6-4-3-5-16(17)19-20(29)25-22(27-26-19)34-13-18(30)24-14-7-9-15(10-8-14)35(31,32)28-21-23-11-12-33-21/h3-12H,2,13H2,1H3,(H,23,28)(H,24,30). The zero-order valence-corrected chi connectivity index (χ0v) is 20.8. The highest BCUT2D eigenvalue weighted by Gasteiger charge is 2.17. The number of nitrogens with one attached hydrogen (secondary N) is 2. The van der Waals surface area contributed by atoms with Gasteiger partial charge >= 0.3 is 0 Å². The summed E-state index contributed by atoms with van der Waals surface area (Å²) in [6.45, 7) is 2.78. The van der Waals surface area contributed by atoms with Crippen molar-refractivity contribution in [2.24, 2.45) is 0 Å². The van der Waals surface area contributed by atoms with Gasteiger partial charge in [-0.2, -0.15) is 0 Å². The number of anilines is 2. The molecule has 1 amide bonds. The van der Waals surface area contributed by atoms with E-state index >= 15 is 0 Å².